The number of aromatic nitrogens is 2. The van der Waals surface area contributed by atoms with Gasteiger partial charge in [0.15, 0.2) is 0 Å². The van der Waals surface area contributed by atoms with Gasteiger partial charge in [0.1, 0.15) is 5.82 Å². The predicted octanol–water partition coefficient (Wildman–Crippen LogP) is 4.90. The molecule has 0 spiro atoms. The van der Waals surface area contributed by atoms with E-state index in [0.717, 1.165) is 35.3 Å². The number of H-pyrrole nitrogens is 1. The van der Waals surface area contributed by atoms with Crippen LogP contribution in [0.2, 0.25) is 0 Å². The zero-order valence-corrected chi connectivity index (χ0v) is 19.7. The number of sulfonamides is 1. The minimum atomic E-state index is -3.55. The van der Waals surface area contributed by atoms with Crippen LogP contribution in [0.4, 0.5) is 5.69 Å². The normalized spacial score (nSPS) is 17.0. The van der Waals surface area contributed by atoms with Crippen LogP contribution in [0.5, 0.6) is 0 Å². The number of carbonyl (C=O) groups is 1. The molecule has 1 aromatic heterocycles. The molecule has 8 heteroatoms. The van der Waals surface area contributed by atoms with Gasteiger partial charge in [0.05, 0.1) is 15.9 Å². The number of rotatable bonds is 5. The van der Waals surface area contributed by atoms with Gasteiger partial charge in [-0.2, -0.15) is 4.31 Å². The van der Waals surface area contributed by atoms with Gasteiger partial charge < -0.3 is 10.3 Å². The third kappa shape index (κ3) is 4.47. The summed E-state index contributed by atoms with van der Waals surface area (Å²) in [4.78, 5) is 20.9. The van der Waals surface area contributed by atoms with Crippen LogP contribution in [0.3, 0.4) is 0 Å². The summed E-state index contributed by atoms with van der Waals surface area (Å²) in [5.74, 6) is 0.764. The number of fused-ring (bicyclic) bond motifs is 1. The van der Waals surface area contributed by atoms with Crippen LogP contribution >= 0.6 is 0 Å². The molecule has 0 aliphatic carbocycles. The molecule has 1 aliphatic rings. The molecule has 1 amide bonds. The van der Waals surface area contributed by atoms with E-state index in [9.17, 15) is 13.2 Å². The van der Waals surface area contributed by atoms with E-state index in [1.165, 1.54) is 12.1 Å². The SMILES string of the molecule is CC1CCCN(S(=O)(=O)c2ccc(C(=O)Nc3cccc(-c4nc5ccccc5[nH]4)c3)cc2)C1. The van der Waals surface area contributed by atoms with Gasteiger partial charge in [0.25, 0.3) is 5.91 Å². The highest BCUT2D eigenvalue weighted by atomic mass is 32.2. The highest BCUT2D eigenvalue weighted by Crippen LogP contribution is 2.25. The van der Waals surface area contributed by atoms with Gasteiger partial charge in [-0.1, -0.05) is 31.2 Å². The zero-order chi connectivity index (χ0) is 23.7. The zero-order valence-electron chi connectivity index (χ0n) is 18.9. The molecule has 7 nitrogen and oxygen atoms in total. The molecule has 2 heterocycles. The quantitative estimate of drug-likeness (QED) is 0.430. The Hall–Kier alpha value is -3.49. The lowest BCUT2D eigenvalue weighted by Crippen LogP contribution is -2.39. The number of piperidine rings is 1. The smallest absolute Gasteiger partial charge is 0.255 e. The number of nitrogens with one attached hydrogen (secondary N) is 2. The average Bonchev–Trinajstić information content (AvgIpc) is 3.29. The van der Waals surface area contributed by atoms with E-state index in [0.29, 0.717) is 30.3 Å². The van der Waals surface area contributed by atoms with Crippen LogP contribution in [0.15, 0.2) is 77.7 Å². The van der Waals surface area contributed by atoms with Crippen molar-refractivity contribution < 1.29 is 13.2 Å². The monoisotopic (exact) mass is 474 g/mol. The molecule has 1 aliphatic heterocycles. The summed E-state index contributed by atoms with van der Waals surface area (Å²) in [5.41, 5.74) is 3.69. The number of aromatic amines is 1. The molecule has 1 unspecified atom stereocenters. The fourth-order valence-electron chi connectivity index (χ4n) is 4.33. The molecule has 0 saturated carbocycles. The number of hydrogen-bond donors (Lipinski definition) is 2. The minimum absolute atomic E-state index is 0.213. The van der Waals surface area contributed by atoms with Crippen molar-refractivity contribution in [1.29, 1.82) is 0 Å². The van der Waals surface area contributed by atoms with Gasteiger partial charge in [0, 0.05) is 29.9 Å². The van der Waals surface area contributed by atoms with E-state index >= 15 is 0 Å². The van der Waals surface area contributed by atoms with Crippen molar-refractivity contribution in [2.75, 3.05) is 18.4 Å². The first kappa shape index (κ1) is 22.3. The van der Waals surface area contributed by atoms with Crippen molar-refractivity contribution in [3.63, 3.8) is 0 Å². The second-order valence-corrected chi connectivity index (χ2v) is 10.7. The summed E-state index contributed by atoms with van der Waals surface area (Å²) in [5, 5.41) is 2.89. The summed E-state index contributed by atoms with van der Waals surface area (Å²) < 4.78 is 27.5. The maximum Gasteiger partial charge on any atom is 0.255 e. The molecule has 1 fully saturated rings. The first-order chi connectivity index (χ1) is 16.4. The number of benzene rings is 3. The predicted molar refractivity (Wildman–Crippen MR) is 133 cm³/mol. The van der Waals surface area contributed by atoms with Crippen LogP contribution in [-0.2, 0) is 10.0 Å². The number of anilines is 1. The lowest BCUT2D eigenvalue weighted by atomic mass is 10.0. The van der Waals surface area contributed by atoms with E-state index in [2.05, 4.69) is 22.2 Å². The van der Waals surface area contributed by atoms with Gasteiger partial charge in [0.2, 0.25) is 10.0 Å². The number of nitrogens with zero attached hydrogens (tertiary/aromatic N) is 2. The number of imidazole rings is 1. The van der Waals surface area contributed by atoms with Gasteiger partial charge >= 0.3 is 0 Å². The third-order valence-electron chi connectivity index (χ3n) is 6.16. The van der Waals surface area contributed by atoms with Gasteiger partial charge in [-0.3, -0.25) is 4.79 Å². The molecule has 0 bridgehead atoms. The van der Waals surface area contributed by atoms with Crippen LogP contribution in [0, 0.1) is 5.92 Å². The van der Waals surface area contributed by atoms with Crippen LogP contribution in [-0.4, -0.2) is 41.7 Å². The largest absolute Gasteiger partial charge is 0.338 e. The van der Waals surface area contributed by atoms with Crippen LogP contribution in [0.1, 0.15) is 30.1 Å². The maximum absolute atomic E-state index is 13.0. The molecule has 2 N–H and O–H groups in total. The fourth-order valence-corrected chi connectivity index (χ4v) is 5.93. The molecule has 3 aromatic carbocycles. The van der Waals surface area contributed by atoms with Crippen LogP contribution < -0.4 is 5.32 Å². The molecular formula is C26H26N4O3S. The second-order valence-electron chi connectivity index (χ2n) is 8.77. The Kier molecular flexibility index (Phi) is 5.93. The van der Waals surface area contributed by atoms with Crippen molar-refractivity contribution in [2.45, 2.75) is 24.7 Å². The Labute approximate surface area is 198 Å². The fraction of sp³-hybridized carbons (Fsp3) is 0.231. The minimum Gasteiger partial charge on any atom is -0.338 e. The Morgan fingerprint density at radius 2 is 1.85 bits per heavy atom. The number of para-hydroxylation sites is 2. The van der Waals surface area contributed by atoms with E-state index in [1.54, 1.807) is 22.5 Å². The Morgan fingerprint density at radius 1 is 1.06 bits per heavy atom. The van der Waals surface area contributed by atoms with Crippen LogP contribution in [0.25, 0.3) is 22.4 Å². The van der Waals surface area contributed by atoms with E-state index in [1.807, 2.05) is 42.5 Å². The Bertz CT molecular complexity index is 1410. The Morgan fingerprint density at radius 3 is 2.62 bits per heavy atom. The average molecular weight is 475 g/mol. The van der Waals surface area contributed by atoms with E-state index in [4.69, 9.17) is 0 Å². The number of carbonyl (C=O) groups excluding carboxylic acids is 1. The Balaban J connectivity index is 1.31. The van der Waals surface area contributed by atoms with E-state index in [-0.39, 0.29) is 10.8 Å². The molecule has 1 atom stereocenters. The van der Waals surface area contributed by atoms with Crippen molar-refractivity contribution in [2.24, 2.45) is 5.92 Å². The summed E-state index contributed by atoms with van der Waals surface area (Å²) in [7, 11) is -3.55. The van der Waals surface area contributed by atoms with E-state index < -0.39 is 10.0 Å². The highest BCUT2D eigenvalue weighted by Gasteiger charge is 2.28. The third-order valence-corrected chi connectivity index (χ3v) is 8.04. The number of hydrogen-bond acceptors (Lipinski definition) is 4. The molecular weight excluding hydrogens is 448 g/mol. The van der Waals surface area contributed by atoms with Gasteiger partial charge in [-0.25, -0.2) is 13.4 Å². The second kappa shape index (κ2) is 9.04. The first-order valence-corrected chi connectivity index (χ1v) is 12.8. The van der Waals surface area contributed by atoms with Gasteiger partial charge in [-0.15, -0.1) is 0 Å². The van der Waals surface area contributed by atoms with Gasteiger partial charge in [-0.05, 0) is 67.3 Å². The molecule has 0 radical (unpaired) electrons. The van der Waals surface area contributed by atoms with Crippen molar-refractivity contribution in [3.8, 4) is 11.4 Å². The molecule has 4 aromatic rings. The topological polar surface area (TPSA) is 95.2 Å². The molecule has 5 rings (SSSR count). The maximum atomic E-state index is 13.0. The highest BCUT2D eigenvalue weighted by molar-refractivity contribution is 7.89. The summed E-state index contributed by atoms with van der Waals surface area (Å²) in [6.45, 7) is 3.14. The standard InChI is InChI=1S/C26H26N4O3S/c1-18-6-5-15-30(17-18)34(32,33)22-13-11-19(12-14-22)26(31)27-21-8-4-7-20(16-21)25-28-23-9-2-3-10-24(23)29-25/h2-4,7-14,16,18H,5-6,15,17H2,1H3,(H,27,31)(H,28,29). The molecule has 174 valence electrons. The first-order valence-electron chi connectivity index (χ1n) is 11.4. The number of amides is 1. The summed E-state index contributed by atoms with van der Waals surface area (Å²) in [6.07, 6.45) is 1.91. The summed E-state index contributed by atoms with van der Waals surface area (Å²) >= 11 is 0. The van der Waals surface area contributed by atoms with Crippen molar-refractivity contribution >= 4 is 32.7 Å². The van der Waals surface area contributed by atoms with Crippen molar-refractivity contribution in [1.82, 2.24) is 14.3 Å². The summed E-state index contributed by atoms with van der Waals surface area (Å²) in [6, 6.07) is 21.4. The van der Waals surface area contributed by atoms with Crippen molar-refractivity contribution in [3.05, 3.63) is 78.4 Å². The lowest BCUT2D eigenvalue weighted by molar-refractivity contribution is 0.102. The lowest BCUT2D eigenvalue weighted by Gasteiger charge is -2.30. The molecule has 1 saturated heterocycles. The molecule has 34 heavy (non-hydrogen) atoms.